The molecule has 1 aliphatic heterocycles. The highest BCUT2D eigenvalue weighted by atomic mass is 16.5. The van der Waals surface area contributed by atoms with E-state index >= 15 is 0 Å². The molecule has 0 saturated heterocycles. The summed E-state index contributed by atoms with van der Waals surface area (Å²) < 4.78 is 10.5. The lowest BCUT2D eigenvalue weighted by Crippen LogP contribution is -2.36. The van der Waals surface area contributed by atoms with Crippen molar-refractivity contribution in [2.45, 2.75) is 6.92 Å². The first-order valence-electron chi connectivity index (χ1n) is 6.55. The summed E-state index contributed by atoms with van der Waals surface area (Å²) >= 11 is 0. The Balaban J connectivity index is 1.86. The highest BCUT2D eigenvalue weighted by Crippen LogP contribution is 2.34. The summed E-state index contributed by atoms with van der Waals surface area (Å²) in [7, 11) is 0. The maximum atomic E-state index is 11.9. The molecule has 0 radical (unpaired) electrons. The molecule has 0 atom stereocenters. The van der Waals surface area contributed by atoms with Crippen LogP contribution in [0.3, 0.4) is 0 Å². The van der Waals surface area contributed by atoms with Crippen LogP contribution in [-0.4, -0.2) is 25.0 Å². The van der Waals surface area contributed by atoms with Crippen molar-refractivity contribution in [1.82, 2.24) is 0 Å². The van der Waals surface area contributed by atoms with E-state index in [1.165, 1.54) is 13.2 Å². The van der Waals surface area contributed by atoms with Crippen molar-refractivity contribution in [3.05, 3.63) is 42.4 Å². The van der Waals surface area contributed by atoms with E-state index in [1.807, 2.05) is 0 Å². The van der Waals surface area contributed by atoms with Crippen LogP contribution in [0.4, 0.5) is 11.4 Å². The van der Waals surface area contributed by atoms with Gasteiger partial charge in [0.05, 0.1) is 18.5 Å². The van der Waals surface area contributed by atoms with Crippen LogP contribution < -0.4 is 15.0 Å². The maximum Gasteiger partial charge on any atom is 0.291 e. The number of rotatable bonds is 2. The Hall–Kier alpha value is -2.76. The number of nitrogens with zero attached hydrogens (tertiary/aromatic N) is 1. The highest BCUT2D eigenvalue weighted by Gasteiger charge is 2.22. The van der Waals surface area contributed by atoms with E-state index in [2.05, 4.69) is 5.32 Å². The zero-order chi connectivity index (χ0) is 14.8. The minimum atomic E-state index is -0.342. The molecule has 0 aliphatic carbocycles. The summed E-state index contributed by atoms with van der Waals surface area (Å²) in [5, 5.41) is 2.73. The number of carbonyl (C=O) groups is 2. The average Bonchev–Trinajstić information content (AvgIpc) is 3.00. The molecule has 0 spiro atoms. The van der Waals surface area contributed by atoms with Gasteiger partial charge in [-0.25, -0.2) is 0 Å². The molecule has 3 rings (SSSR count). The van der Waals surface area contributed by atoms with Crippen LogP contribution in [0.5, 0.6) is 5.75 Å². The summed E-state index contributed by atoms with van der Waals surface area (Å²) in [4.78, 5) is 25.2. The van der Waals surface area contributed by atoms with Gasteiger partial charge in [-0.1, -0.05) is 0 Å². The fraction of sp³-hybridized carbons (Fsp3) is 0.200. The van der Waals surface area contributed by atoms with Gasteiger partial charge in [0.15, 0.2) is 5.76 Å². The van der Waals surface area contributed by atoms with Gasteiger partial charge in [-0.05, 0) is 30.3 Å². The topological polar surface area (TPSA) is 71.8 Å². The minimum absolute atomic E-state index is 0.0611. The molecule has 6 nitrogen and oxygen atoms in total. The number of ether oxygens (including phenoxy) is 1. The largest absolute Gasteiger partial charge is 0.490 e. The summed E-state index contributed by atoms with van der Waals surface area (Å²) in [5.41, 5.74) is 1.23. The monoisotopic (exact) mass is 286 g/mol. The molecule has 2 heterocycles. The zero-order valence-corrected chi connectivity index (χ0v) is 11.5. The van der Waals surface area contributed by atoms with E-state index in [4.69, 9.17) is 9.15 Å². The minimum Gasteiger partial charge on any atom is -0.490 e. The lowest BCUT2D eigenvalue weighted by molar-refractivity contribution is -0.116. The SMILES string of the molecule is CC(=O)N1CCOc2ccc(NC(=O)c3ccco3)cc21. The summed E-state index contributed by atoms with van der Waals surface area (Å²) in [6, 6.07) is 8.41. The molecular weight excluding hydrogens is 272 g/mol. The molecule has 1 N–H and O–H groups in total. The van der Waals surface area contributed by atoms with E-state index in [0.717, 1.165) is 0 Å². The predicted octanol–water partition coefficient (Wildman–Crippen LogP) is 2.28. The number of nitrogens with one attached hydrogen (secondary N) is 1. The second-order valence-corrected chi connectivity index (χ2v) is 4.63. The molecule has 0 saturated carbocycles. The Morgan fingerprint density at radius 3 is 2.86 bits per heavy atom. The van der Waals surface area contributed by atoms with Gasteiger partial charge in [-0.3, -0.25) is 9.59 Å². The third-order valence-electron chi connectivity index (χ3n) is 3.21. The number of furan rings is 1. The first-order valence-corrected chi connectivity index (χ1v) is 6.55. The Morgan fingerprint density at radius 2 is 2.14 bits per heavy atom. The molecule has 6 heteroatoms. The number of anilines is 2. The second kappa shape index (κ2) is 5.32. The summed E-state index contributed by atoms with van der Waals surface area (Å²) in [5.74, 6) is 0.458. The van der Waals surface area contributed by atoms with Gasteiger partial charge in [0, 0.05) is 12.6 Å². The van der Waals surface area contributed by atoms with Crippen molar-refractivity contribution < 1.29 is 18.7 Å². The fourth-order valence-electron chi connectivity index (χ4n) is 2.22. The molecule has 108 valence electrons. The van der Waals surface area contributed by atoms with E-state index in [-0.39, 0.29) is 17.6 Å². The number of hydrogen-bond donors (Lipinski definition) is 1. The van der Waals surface area contributed by atoms with Gasteiger partial charge >= 0.3 is 0 Å². The van der Waals surface area contributed by atoms with Crippen molar-refractivity contribution in [3.8, 4) is 5.75 Å². The van der Waals surface area contributed by atoms with Crippen LogP contribution in [0.1, 0.15) is 17.5 Å². The molecule has 0 unspecified atom stereocenters. The molecule has 2 amide bonds. The van der Waals surface area contributed by atoms with E-state index in [0.29, 0.717) is 30.3 Å². The zero-order valence-electron chi connectivity index (χ0n) is 11.5. The van der Waals surface area contributed by atoms with Gasteiger partial charge in [0.25, 0.3) is 5.91 Å². The van der Waals surface area contributed by atoms with Crippen LogP contribution in [-0.2, 0) is 4.79 Å². The number of amides is 2. The van der Waals surface area contributed by atoms with Gasteiger partial charge in [-0.2, -0.15) is 0 Å². The summed E-state index contributed by atoms with van der Waals surface area (Å²) in [6.45, 7) is 2.46. The summed E-state index contributed by atoms with van der Waals surface area (Å²) in [6.07, 6.45) is 1.44. The van der Waals surface area contributed by atoms with Crippen LogP contribution in [0.25, 0.3) is 0 Å². The molecule has 2 aromatic rings. The van der Waals surface area contributed by atoms with Crippen molar-refractivity contribution >= 4 is 23.2 Å². The van der Waals surface area contributed by atoms with Crippen LogP contribution in [0.2, 0.25) is 0 Å². The molecule has 1 aromatic heterocycles. The average molecular weight is 286 g/mol. The van der Waals surface area contributed by atoms with Gasteiger partial charge < -0.3 is 19.4 Å². The van der Waals surface area contributed by atoms with Gasteiger partial charge in [0.2, 0.25) is 5.91 Å². The van der Waals surface area contributed by atoms with Crippen molar-refractivity contribution in [2.75, 3.05) is 23.4 Å². The Labute approximate surface area is 121 Å². The van der Waals surface area contributed by atoms with Crippen LogP contribution in [0, 0.1) is 0 Å². The number of benzene rings is 1. The van der Waals surface area contributed by atoms with Crippen molar-refractivity contribution in [3.63, 3.8) is 0 Å². The first-order chi connectivity index (χ1) is 10.1. The molecule has 1 aromatic carbocycles. The first kappa shape index (κ1) is 13.2. The Kier molecular flexibility index (Phi) is 3.35. The quantitative estimate of drug-likeness (QED) is 0.919. The van der Waals surface area contributed by atoms with Crippen molar-refractivity contribution in [2.24, 2.45) is 0 Å². The predicted molar refractivity (Wildman–Crippen MR) is 76.6 cm³/mol. The van der Waals surface area contributed by atoms with Gasteiger partial charge in [-0.15, -0.1) is 0 Å². The second-order valence-electron chi connectivity index (χ2n) is 4.63. The molecule has 0 bridgehead atoms. The van der Waals surface area contributed by atoms with Crippen molar-refractivity contribution in [1.29, 1.82) is 0 Å². The lowest BCUT2D eigenvalue weighted by atomic mass is 10.2. The molecular formula is C15H14N2O4. The number of hydrogen-bond acceptors (Lipinski definition) is 4. The van der Waals surface area contributed by atoms with Crippen LogP contribution in [0.15, 0.2) is 41.0 Å². The normalized spacial score (nSPS) is 13.3. The van der Waals surface area contributed by atoms with E-state index < -0.39 is 0 Å². The van der Waals surface area contributed by atoms with Crippen LogP contribution >= 0.6 is 0 Å². The number of fused-ring (bicyclic) bond motifs is 1. The molecule has 0 fully saturated rings. The van der Waals surface area contributed by atoms with E-state index in [1.54, 1.807) is 35.2 Å². The number of carbonyl (C=O) groups excluding carboxylic acids is 2. The fourth-order valence-corrected chi connectivity index (χ4v) is 2.22. The smallest absolute Gasteiger partial charge is 0.291 e. The van der Waals surface area contributed by atoms with E-state index in [9.17, 15) is 9.59 Å². The molecule has 1 aliphatic rings. The standard InChI is InChI=1S/C15H14N2O4/c1-10(18)17-6-8-21-13-5-4-11(9-12(13)17)16-15(19)14-3-2-7-20-14/h2-5,7,9H,6,8H2,1H3,(H,16,19). The highest BCUT2D eigenvalue weighted by molar-refractivity contribution is 6.03. The molecule has 21 heavy (non-hydrogen) atoms. The maximum absolute atomic E-state index is 11.9. The Morgan fingerprint density at radius 1 is 1.29 bits per heavy atom. The van der Waals surface area contributed by atoms with Gasteiger partial charge in [0.1, 0.15) is 12.4 Å². The third-order valence-corrected chi connectivity index (χ3v) is 3.21. The lowest BCUT2D eigenvalue weighted by Gasteiger charge is -2.29. The Bertz CT molecular complexity index is 679. The third kappa shape index (κ3) is 2.60.